The van der Waals surface area contributed by atoms with Gasteiger partial charge in [0.15, 0.2) is 6.61 Å². The Labute approximate surface area is 203 Å². The van der Waals surface area contributed by atoms with Crippen LogP contribution in [0.3, 0.4) is 0 Å². The van der Waals surface area contributed by atoms with Crippen LogP contribution >= 0.6 is 11.6 Å². The van der Waals surface area contributed by atoms with Gasteiger partial charge >= 0.3 is 0 Å². The molecule has 0 unspecified atom stereocenters. The zero-order valence-electron chi connectivity index (χ0n) is 19.1. The Kier molecular flexibility index (Phi) is 8.07. The van der Waals surface area contributed by atoms with E-state index < -0.39 is 5.91 Å². The minimum atomic E-state index is -0.515. The number of amides is 2. The van der Waals surface area contributed by atoms with Gasteiger partial charge in [0.2, 0.25) is 0 Å². The van der Waals surface area contributed by atoms with Gasteiger partial charge in [-0.1, -0.05) is 47.5 Å². The molecular formula is C27H24ClN3O3. The van der Waals surface area contributed by atoms with Gasteiger partial charge in [0.25, 0.3) is 11.8 Å². The molecule has 0 saturated heterocycles. The van der Waals surface area contributed by atoms with Crippen molar-refractivity contribution in [2.75, 3.05) is 17.2 Å². The summed E-state index contributed by atoms with van der Waals surface area (Å²) in [5.41, 5.74) is 4.82. The highest BCUT2D eigenvalue weighted by Crippen LogP contribution is 2.27. The molecule has 2 N–H and O–H groups in total. The van der Waals surface area contributed by atoms with Gasteiger partial charge < -0.3 is 15.4 Å². The van der Waals surface area contributed by atoms with Gasteiger partial charge in [-0.05, 0) is 73.9 Å². The second-order valence-corrected chi connectivity index (χ2v) is 8.25. The number of hydrogen-bond acceptors (Lipinski definition) is 4. The van der Waals surface area contributed by atoms with Gasteiger partial charge in [-0.3, -0.25) is 9.59 Å². The van der Waals surface area contributed by atoms with E-state index in [1.54, 1.807) is 30.3 Å². The van der Waals surface area contributed by atoms with E-state index in [1.165, 1.54) is 6.08 Å². The largest absolute Gasteiger partial charge is 0.482 e. The lowest BCUT2D eigenvalue weighted by atomic mass is 10.1. The Balaban J connectivity index is 1.65. The van der Waals surface area contributed by atoms with Crippen molar-refractivity contribution < 1.29 is 14.3 Å². The number of nitrogens with zero attached hydrogens (tertiary/aromatic N) is 1. The molecule has 3 aromatic rings. The number of anilines is 2. The summed E-state index contributed by atoms with van der Waals surface area (Å²) in [5, 5.41) is 15.2. The van der Waals surface area contributed by atoms with Crippen LogP contribution in [0.1, 0.15) is 22.3 Å². The number of hydrogen-bond donors (Lipinski definition) is 2. The first-order valence-corrected chi connectivity index (χ1v) is 10.9. The van der Waals surface area contributed by atoms with Gasteiger partial charge in [0.05, 0.1) is 5.02 Å². The van der Waals surface area contributed by atoms with Crippen LogP contribution < -0.4 is 15.4 Å². The zero-order chi connectivity index (χ0) is 24.7. The second kappa shape index (κ2) is 11.2. The number of nitriles is 1. The summed E-state index contributed by atoms with van der Waals surface area (Å²) in [4.78, 5) is 24.7. The smallest absolute Gasteiger partial charge is 0.266 e. The van der Waals surface area contributed by atoms with Gasteiger partial charge in [-0.15, -0.1) is 0 Å². The molecule has 0 atom stereocenters. The van der Waals surface area contributed by atoms with Crippen molar-refractivity contribution in [1.29, 1.82) is 5.26 Å². The minimum Gasteiger partial charge on any atom is -0.482 e. The highest BCUT2D eigenvalue weighted by atomic mass is 35.5. The first-order valence-electron chi connectivity index (χ1n) is 10.5. The molecular weight excluding hydrogens is 450 g/mol. The molecule has 0 aliphatic rings. The molecule has 0 radical (unpaired) electrons. The molecule has 0 spiro atoms. The van der Waals surface area contributed by atoms with Crippen molar-refractivity contribution in [2.45, 2.75) is 20.8 Å². The van der Waals surface area contributed by atoms with Crippen molar-refractivity contribution in [3.05, 3.63) is 93.5 Å². The van der Waals surface area contributed by atoms with Crippen molar-refractivity contribution in [3.63, 3.8) is 0 Å². The number of ether oxygens (including phenoxy) is 1. The fraction of sp³-hybridized carbons (Fsp3) is 0.148. The monoisotopic (exact) mass is 473 g/mol. The quantitative estimate of drug-likeness (QED) is 0.333. The summed E-state index contributed by atoms with van der Waals surface area (Å²) >= 11 is 6.30. The van der Waals surface area contributed by atoms with Crippen LogP contribution in [0.4, 0.5) is 11.4 Å². The zero-order valence-corrected chi connectivity index (χ0v) is 19.9. The number of rotatable bonds is 7. The molecule has 2 amide bonds. The number of nitrogens with one attached hydrogen (secondary N) is 2. The van der Waals surface area contributed by atoms with Crippen LogP contribution in [0.25, 0.3) is 6.08 Å². The maximum atomic E-state index is 12.6. The van der Waals surface area contributed by atoms with Crippen molar-refractivity contribution >= 4 is 40.9 Å². The normalized spacial score (nSPS) is 10.9. The van der Waals surface area contributed by atoms with E-state index in [4.69, 9.17) is 16.3 Å². The van der Waals surface area contributed by atoms with Crippen LogP contribution in [0, 0.1) is 32.1 Å². The molecule has 6 nitrogen and oxygen atoms in total. The second-order valence-electron chi connectivity index (χ2n) is 7.84. The topological polar surface area (TPSA) is 91.2 Å². The molecule has 0 aromatic heterocycles. The molecule has 0 saturated carbocycles. The van der Waals surface area contributed by atoms with Gasteiger partial charge in [-0.25, -0.2) is 0 Å². The van der Waals surface area contributed by atoms with Crippen LogP contribution in [0.15, 0.2) is 66.2 Å². The van der Waals surface area contributed by atoms with Crippen LogP contribution in [0.2, 0.25) is 5.02 Å². The van der Waals surface area contributed by atoms with E-state index in [9.17, 15) is 14.9 Å². The summed E-state index contributed by atoms with van der Waals surface area (Å²) < 4.78 is 5.53. The Bertz CT molecular complexity index is 1310. The number of halogens is 1. The molecule has 0 aliphatic carbocycles. The number of aryl methyl sites for hydroxylation is 3. The van der Waals surface area contributed by atoms with E-state index in [2.05, 4.69) is 10.6 Å². The van der Waals surface area contributed by atoms with Crippen LogP contribution in [0.5, 0.6) is 5.75 Å². The van der Waals surface area contributed by atoms with E-state index >= 15 is 0 Å². The van der Waals surface area contributed by atoms with Crippen LogP contribution in [-0.4, -0.2) is 18.4 Å². The molecule has 0 fully saturated rings. The first kappa shape index (κ1) is 24.6. The van der Waals surface area contributed by atoms with Crippen LogP contribution in [-0.2, 0) is 9.59 Å². The molecule has 0 bridgehead atoms. The SMILES string of the molecule is Cc1cccc(NC(=O)COc2ccc(/C=C(\C#N)C(=O)Nc3ccc(C)cc3C)cc2Cl)c1. The lowest BCUT2D eigenvalue weighted by Gasteiger charge is -2.10. The van der Waals surface area contributed by atoms with E-state index in [0.717, 1.165) is 16.7 Å². The van der Waals surface area contributed by atoms with E-state index in [-0.39, 0.29) is 23.1 Å². The Morgan fingerprint density at radius 1 is 1.00 bits per heavy atom. The Morgan fingerprint density at radius 2 is 1.76 bits per heavy atom. The molecule has 3 rings (SSSR count). The number of carbonyl (C=O) groups is 2. The van der Waals surface area contributed by atoms with Crippen molar-refractivity contribution in [2.24, 2.45) is 0 Å². The third-order valence-electron chi connectivity index (χ3n) is 4.92. The third-order valence-corrected chi connectivity index (χ3v) is 5.22. The first-order chi connectivity index (χ1) is 16.2. The maximum Gasteiger partial charge on any atom is 0.266 e. The predicted octanol–water partition coefficient (Wildman–Crippen LogP) is 5.83. The number of benzene rings is 3. The summed E-state index contributed by atoms with van der Waals surface area (Å²) in [7, 11) is 0. The lowest BCUT2D eigenvalue weighted by molar-refractivity contribution is -0.118. The van der Waals surface area contributed by atoms with Gasteiger partial charge in [-0.2, -0.15) is 5.26 Å². The van der Waals surface area contributed by atoms with E-state index in [0.29, 0.717) is 22.7 Å². The van der Waals surface area contributed by atoms with Crippen molar-refractivity contribution in [1.82, 2.24) is 0 Å². The third kappa shape index (κ3) is 6.71. The standard InChI is InChI=1S/C27H24ClN3O3/c1-17-5-4-6-22(12-17)30-26(32)16-34-25-10-8-20(14-23(25)28)13-21(15-29)27(33)31-24-9-7-18(2)11-19(24)3/h4-14H,16H2,1-3H3,(H,30,32)(H,31,33)/b21-13+. The van der Waals surface area contributed by atoms with Gasteiger partial charge in [0.1, 0.15) is 17.4 Å². The number of carbonyl (C=O) groups excluding carboxylic acids is 2. The Morgan fingerprint density at radius 3 is 2.44 bits per heavy atom. The molecule has 7 heteroatoms. The average Bonchev–Trinajstić information content (AvgIpc) is 2.78. The summed E-state index contributed by atoms with van der Waals surface area (Å²) in [6.45, 7) is 5.57. The Hall–Kier alpha value is -4.08. The highest BCUT2D eigenvalue weighted by Gasteiger charge is 2.12. The average molecular weight is 474 g/mol. The minimum absolute atomic E-state index is 0.0674. The fourth-order valence-electron chi connectivity index (χ4n) is 3.25. The molecule has 172 valence electrons. The fourth-order valence-corrected chi connectivity index (χ4v) is 3.49. The maximum absolute atomic E-state index is 12.6. The lowest BCUT2D eigenvalue weighted by Crippen LogP contribution is -2.20. The summed E-state index contributed by atoms with van der Waals surface area (Å²) in [5.74, 6) is -0.518. The highest BCUT2D eigenvalue weighted by molar-refractivity contribution is 6.32. The molecule has 34 heavy (non-hydrogen) atoms. The predicted molar refractivity (Wildman–Crippen MR) is 135 cm³/mol. The molecule has 3 aromatic carbocycles. The summed E-state index contributed by atoms with van der Waals surface area (Å²) in [6, 6.07) is 19.8. The van der Waals surface area contributed by atoms with Gasteiger partial charge in [0, 0.05) is 11.4 Å². The van der Waals surface area contributed by atoms with E-state index in [1.807, 2.05) is 57.2 Å². The molecule has 0 heterocycles. The summed E-state index contributed by atoms with van der Waals surface area (Å²) in [6.07, 6.45) is 1.44. The van der Waals surface area contributed by atoms with Crippen molar-refractivity contribution in [3.8, 4) is 11.8 Å². The molecule has 0 aliphatic heterocycles.